The molecule has 2 rings (SSSR count). The Kier molecular flexibility index (Phi) is 3.88. The van der Waals surface area contributed by atoms with Gasteiger partial charge in [0.15, 0.2) is 0 Å². The third-order valence-electron chi connectivity index (χ3n) is 2.66. The number of hydrogen-bond acceptors (Lipinski definition) is 7. The van der Waals surface area contributed by atoms with Gasteiger partial charge in [0.05, 0.1) is 0 Å². The second-order valence-corrected chi connectivity index (χ2v) is 4.78. The summed E-state index contributed by atoms with van der Waals surface area (Å²) in [7, 11) is 7.69. The van der Waals surface area contributed by atoms with Crippen LogP contribution in [0.2, 0.25) is 0 Å². The summed E-state index contributed by atoms with van der Waals surface area (Å²) in [6, 6.07) is 7.95. The molecular weight excluding hydrogens is 254 g/mol. The highest BCUT2D eigenvalue weighted by Crippen LogP contribution is 2.20. The van der Waals surface area contributed by atoms with Crippen LogP contribution < -0.4 is 20.9 Å². The Labute approximate surface area is 118 Å². The van der Waals surface area contributed by atoms with Crippen molar-refractivity contribution in [2.75, 3.05) is 49.0 Å². The van der Waals surface area contributed by atoms with E-state index in [1.165, 1.54) is 0 Å². The van der Waals surface area contributed by atoms with Gasteiger partial charge in [-0.2, -0.15) is 15.0 Å². The van der Waals surface area contributed by atoms with Crippen LogP contribution in [0.15, 0.2) is 24.3 Å². The highest BCUT2D eigenvalue weighted by molar-refractivity contribution is 5.62. The van der Waals surface area contributed by atoms with E-state index in [1.54, 1.807) is 4.90 Å². The van der Waals surface area contributed by atoms with Crippen LogP contribution in [-0.4, -0.2) is 43.1 Å². The number of hydrogen-bond donors (Lipinski definition) is 2. The van der Waals surface area contributed by atoms with Gasteiger partial charge in [0.1, 0.15) is 0 Å². The number of anilines is 5. The summed E-state index contributed by atoms with van der Waals surface area (Å²) in [5, 5.41) is 3.14. The lowest BCUT2D eigenvalue weighted by Crippen LogP contribution is -2.15. The maximum absolute atomic E-state index is 5.69. The SMILES string of the molecule is CN(C)c1cccc(Nc2nc(N)nc(N(C)C)n2)c1. The van der Waals surface area contributed by atoms with Crippen molar-refractivity contribution in [1.29, 1.82) is 0 Å². The minimum Gasteiger partial charge on any atom is -0.378 e. The molecule has 1 heterocycles. The van der Waals surface area contributed by atoms with Crippen LogP contribution in [0.25, 0.3) is 0 Å². The Hall–Kier alpha value is -2.57. The lowest BCUT2D eigenvalue weighted by Gasteiger charge is -2.15. The fraction of sp³-hybridized carbons (Fsp3) is 0.308. The van der Waals surface area contributed by atoms with E-state index in [2.05, 4.69) is 20.3 Å². The van der Waals surface area contributed by atoms with E-state index in [9.17, 15) is 0 Å². The first kappa shape index (κ1) is 13.9. The minimum atomic E-state index is 0.190. The molecule has 0 atom stereocenters. The minimum absolute atomic E-state index is 0.190. The van der Waals surface area contributed by atoms with Crippen LogP contribution in [0.3, 0.4) is 0 Å². The lowest BCUT2D eigenvalue weighted by molar-refractivity contribution is 0.969. The summed E-state index contributed by atoms with van der Waals surface area (Å²) in [4.78, 5) is 16.2. The second-order valence-electron chi connectivity index (χ2n) is 4.78. The molecule has 0 unspecified atom stereocenters. The molecule has 20 heavy (non-hydrogen) atoms. The van der Waals surface area contributed by atoms with E-state index >= 15 is 0 Å². The molecule has 0 aliphatic rings. The topological polar surface area (TPSA) is 83.2 Å². The van der Waals surface area contributed by atoms with E-state index in [4.69, 9.17) is 5.73 Å². The molecule has 0 spiro atoms. The van der Waals surface area contributed by atoms with Crippen LogP contribution >= 0.6 is 0 Å². The van der Waals surface area contributed by atoms with Gasteiger partial charge in [-0.15, -0.1) is 0 Å². The first-order valence-electron chi connectivity index (χ1n) is 6.19. The Balaban J connectivity index is 2.27. The van der Waals surface area contributed by atoms with Gasteiger partial charge in [-0.3, -0.25) is 0 Å². The van der Waals surface area contributed by atoms with Gasteiger partial charge >= 0.3 is 0 Å². The summed E-state index contributed by atoms with van der Waals surface area (Å²) < 4.78 is 0. The first-order chi connectivity index (χ1) is 9.45. The number of nitrogens with zero attached hydrogens (tertiary/aromatic N) is 5. The molecule has 1 aromatic heterocycles. The Morgan fingerprint density at radius 3 is 2.40 bits per heavy atom. The zero-order valence-electron chi connectivity index (χ0n) is 12.1. The standard InChI is InChI=1S/C13H19N7/c1-19(2)10-7-5-6-9(8-10)15-12-16-11(14)17-13(18-12)20(3)4/h5-8H,1-4H3,(H3,14,15,16,17,18). The Bertz CT molecular complexity index is 595. The quantitative estimate of drug-likeness (QED) is 0.869. The van der Waals surface area contributed by atoms with Crippen molar-refractivity contribution in [2.24, 2.45) is 0 Å². The van der Waals surface area contributed by atoms with E-state index < -0.39 is 0 Å². The molecule has 1 aromatic carbocycles. The van der Waals surface area contributed by atoms with Gasteiger partial charge in [-0.1, -0.05) is 6.07 Å². The zero-order valence-corrected chi connectivity index (χ0v) is 12.1. The largest absolute Gasteiger partial charge is 0.378 e. The molecule has 0 fully saturated rings. The normalized spacial score (nSPS) is 10.2. The van der Waals surface area contributed by atoms with E-state index in [-0.39, 0.29) is 5.95 Å². The van der Waals surface area contributed by atoms with Crippen LogP contribution in [0.5, 0.6) is 0 Å². The van der Waals surface area contributed by atoms with Gasteiger partial charge in [0, 0.05) is 39.6 Å². The molecule has 0 radical (unpaired) electrons. The summed E-state index contributed by atoms with van der Waals surface area (Å²) in [6.07, 6.45) is 0. The predicted octanol–water partition coefficient (Wildman–Crippen LogP) is 1.33. The van der Waals surface area contributed by atoms with Crippen molar-refractivity contribution < 1.29 is 0 Å². The van der Waals surface area contributed by atoms with Gasteiger partial charge in [-0.05, 0) is 18.2 Å². The molecular formula is C13H19N7. The summed E-state index contributed by atoms with van der Waals surface area (Å²) in [6.45, 7) is 0. The summed E-state index contributed by atoms with van der Waals surface area (Å²) in [5.41, 5.74) is 7.67. The summed E-state index contributed by atoms with van der Waals surface area (Å²) in [5.74, 6) is 1.14. The van der Waals surface area contributed by atoms with Gasteiger partial charge < -0.3 is 20.9 Å². The fourth-order valence-electron chi connectivity index (χ4n) is 1.63. The number of nitrogens with two attached hydrogens (primary N) is 1. The Morgan fingerprint density at radius 2 is 1.75 bits per heavy atom. The monoisotopic (exact) mass is 273 g/mol. The van der Waals surface area contributed by atoms with E-state index in [1.807, 2.05) is 57.4 Å². The number of benzene rings is 1. The molecule has 0 amide bonds. The number of nitrogen functional groups attached to an aromatic ring is 1. The van der Waals surface area contributed by atoms with E-state index in [0.717, 1.165) is 11.4 Å². The molecule has 0 saturated carbocycles. The average molecular weight is 273 g/mol. The van der Waals surface area contributed by atoms with Crippen molar-refractivity contribution in [3.05, 3.63) is 24.3 Å². The van der Waals surface area contributed by atoms with Crippen LogP contribution in [0.4, 0.5) is 29.2 Å². The number of rotatable bonds is 4. The van der Waals surface area contributed by atoms with Gasteiger partial charge in [-0.25, -0.2) is 0 Å². The smallest absolute Gasteiger partial charge is 0.233 e. The third kappa shape index (κ3) is 3.25. The molecule has 7 nitrogen and oxygen atoms in total. The van der Waals surface area contributed by atoms with Crippen molar-refractivity contribution in [3.63, 3.8) is 0 Å². The molecule has 3 N–H and O–H groups in total. The molecule has 0 aliphatic heterocycles. The van der Waals surface area contributed by atoms with Crippen molar-refractivity contribution in [1.82, 2.24) is 15.0 Å². The van der Waals surface area contributed by atoms with Crippen LogP contribution in [0, 0.1) is 0 Å². The summed E-state index contributed by atoms with van der Waals surface area (Å²) >= 11 is 0. The Morgan fingerprint density at radius 1 is 1.00 bits per heavy atom. The maximum atomic E-state index is 5.69. The predicted molar refractivity (Wildman–Crippen MR) is 82.6 cm³/mol. The van der Waals surface area contributed by atoms with Crippen LogP contribution in [-0.2, 0) is 0 Å². The van der Waals surface area contributed by atoms with Crippen LogP contribution in [0.1, 0.15) is 0 Å². The number of aromatic nitrogens is 3. The van der Waals surface area contributed by atoms with E-state index in [0.29, 0.717) is 11.9 Å². The molecule has 2 aromatic rings. The second kappa shape index (κ2) is 5.60. The van der Waals surface area contributed by atoms with Gasteiger partial charge in [0.2, 0.25) is 17.8 Å². The lowest BCUT2D eigenvalue weighted by atomic mass is 10.2. The molecule has 106 valence electrons. The zero-order chi connectivity index (χ0) is 14.7. The molecule has 0 saturated heterocycles. The maximum Gasteiger partial charge on any atom is 0.233 e. The highest BCUT2D eigenvalue weighted by atomic mass is 15.3. The van der Waals surface area contributed by atoms with Gasteiger partial charge in [0.25, 0.3) is 0 Å². The molecule has 0 bridgehead atoms. The fourth-order valence-corrected chi connectivity index (χ4v) is 1.63. The third-order valence-corrected chi connectivity index (χ3v) is 2.66. The number of nitrogens with one attached hydrogen (secondary N) is 1. The van der Waals surface area contributed by atoms with Crippen molar-refractivity contribution in [3.8, 4) is 0 Å². The first-order valence-corrected chi connectivity index (χ1v) is 6.19. The van der Waals surface area contributed by atoms with Crippen molar-refractivity contribution >= 4 is 29.2 Å². The average Bonchev–Trinajstić information content (AvgIpc) is 2.38. The highest BCUT2D eigenvalue weighted by Gasteiger charge is 2.07. The van der Waals surface area contributed by atoms with Crippen molar-refractivity contribution in [2.45, 2.75) is 0 Å². The molecule has 7 heteroatoms. The molecule has 0 aliphatic carbocycles.